The van der Waals surface area contributed by atoms with E-state index < -0.39 is 0 Å². The summed E-state index contributed by atoms with van der Waals surface area (Å²) >= 11 is 1.87. The summed E-state index contributed by atoms with van der Waals surface area (Å²) in [5.41, 5.74) is 10.3. The molecule has 1 aliphatic rings. The van der Waals surface area contributed by atoms with Gasteiger partial charge < -0.3 is 4.90 Å². The van der Waals surface area contributed by atoms with Crippen molar-refractivity contribution < 1.29 is 0 Å². The Bertz CT molecular complexity index is 1790. The molecule has 36 heavy (non-hydrogen) atoms. The van der Waals surface area contributed by atoms with Crippen LogP contribution in [0.4, 0.5) is 17.1 Å². The van der Waals surface area contributed by atoms with Crippen molar-refractivity contribution in [2.45, 2.75) is 26.2 Å². The highest BCUT2D eigenvalue weighted by molar-refractivity contribution is 7.25. The minimum atomic E-state index is 0.00707. The van der Waals surface area contributed by atoms with E-state index in [2.05, 4.69) is 135 Å². The van der Waals surface area contributed by atoms with Crippen molar-refractivity contribution in [1.82, 2.24) is 0 Å². The third-order valence-corrected chi connectivity index (χ3v) is 8.86. The highest BCUT2D eigenvalue weighted by Crippen LogP contribution is 2.50. The van der Waals surface area contributed by atoms with Gasteiger partial charge in [-0.3, -0.25) is 0 Å². The molecule has 2 heteroatoms. The maximum Gasteiger partial charge on any atom is 0.0468 e. The van der Waals surface area contributed by atoms with Crippen molar-refractivity contribution in [3.63, 3.8) is 0 Å². The Labute approximate surface area is 216 Å². The van der Waals surface area contributed by atoms with Gasteiger partial charge in [-0.25, -0.2) is 0 Å². The second kappa shape index (κ2) is 7.81. The highest BCUT2D eigenvalue weighted by atomic mass is 32.1. The molecule has 174 valence electrons. The molecular formula is C34H27NS. The van der Waals surface area contributed by atoms with Gasteiger partial charge in [-0.2, -0.15) is 0 Å². The summed E-state index contributed by atoms with van der Waals surface area (Å²) in [6.07, 6.45) is 0. The van der Waals surface area contributed by atoms with Crippen LogP contribution in [-0.2, 0) is 5.41 Å². The van der Waals surface area contributed by atoms with E-state index in [4.69, 9.17) is 0 Å². The zero-order valence-corrected chi connectivity index (χ0v) is 21.6. The second-order valence-electron chi connectivity index (χ2n) is 10.4. The van der Waals surface area contributed by atoms with E-state index in [1.165, 1.54) is 65.1 Å². The second-order valence-corrected chi connectivity index (χ2v) is 11.4. The molecule has 6 aromatic rings. The maximum absolute atomic E-state index is 2.41. The molecule has 5 aromatic carbocycles. The Hall–Kier alpha value is -3.88. The van der Waals surface area contributed by atoms with Gasteiger partial charge in [-0.05, 0) is 83.3 Å². The molecule has 1 aliphatic carbocycles. The Balaban J connectivity index is 1.46. The van der Waals surface area contributed by atoms with Crippen LogP contribution < -0.4 is 4.90 Å². The van der Waals surface area contributed by atoms with E-state index in [9.17, 15) is 0 Å². The lowest BCUT2D eigenvalue weighted by Crippen LogP contribution is -2.15. The number of hydrogen-bond acceptors (Lipinski definition) is 2. The summed E-state index contributed by atoms with van der Waals surface area (Å²) in [4.78, 5) is 2.41. The number of fused-ring (bicyclic) bond motifs is 6. The van der Waals surface area contributed by atoms with E-state index in [-0.39, 0.29) is 5.41 Å². The van der Waals surface area contributed by atoms with Crippen LogP contribution in [-0.4, -0.2) is 0 Å². The molecule has 0 aliphatic heterocycles. The summed E-state index contributed by atoms with van der Waals surface area (Å²) in [5.74, 6) is 0. The van der Waals surface area contributed by atoms with Crippen LogP contribution in [0.15, 0.2) is 109 Å². The molecule has 0 N–H and O–H groups in total. The number of benzene rings is 5. The topological polar surface area (TPSA) is 3.24 Å². The van der Waals surface area contributed by atoms with Gasteiger partial charge in [0.1, 0.15) is 0 Å². The zero-order valence-electron chi connectivity index (χ0n) is 20.7. The largest absolute Gasteiger partial charge is 0.310 e. The smallest absolute Gasteiger partial charge is 0.0468 e. The number of aryl methyl sites for hydroxylation is 1. The molecule has 0 spiro atoms. The molecule has 7 rings (SSSR count). The third-order valence-electron chi connectivity index (χ3n) is 7.70. The molecule has 0 saturated heterocycles. The van der Waals surface area contributed by atoms with E-state index in [1.807, 2.05) is 11.3 Å². The Kier molecular flexibility index (Phi) is 4.64. The van der Waals surface area contributed by atoms with E-state index in [1.54, 1.807) is 0 Å². The van der Waals surface area contributed by atoms with Crippen molar-refractivity contribution in [2.24, 2.45) is 0 Å². The number of thiophene rings is 1. The van der Waals surface area contributed by atoms with Crippen LogP contribution >= 0.6 is 11.3 Å². The van der Waals surface area contributed by atoms with Crippen molar-refractivity contribution in [1.29, 1.82) is 0 Å². The average Bonchev–Trinajstić information content (AvgIpc) is 3.37. The predicted molar refractivity (Wildman–Crippen MR) is 156 cm³/mol. The molecular weight excluding hydrogens is 454 g/mol. The lowest BCUT2D eigenvalue weighted by molar-refractivity contribution is 0.660. The summed E-state index contributed by atoms with van der Waals surface area (Å²) in [6, 6.07) is 40.3. The Morgan fingerprint density at radius 1 is 0.556 bits per heavy atom. The molecule has 0 fully saturated rings. The number of rotatable bonds is 3. The number of nitrogens with zero attached hydrogens (tertiary/aromatic N) is 1. The lowest BCUT2D eigenvalue weighted by Gasteiger charge is -2.27. The molecule has 1 aromatic heterocycles. The fraction of sp³-hybridized carbons (Fsp3) is 0.118. The molecule has 0 atom stereocenters. The van der Waals surface area contributed by atoms with E-state index in [0.717, 1.165) is 0 Å². The Morgan fingerprint density at radius 2 is 1.25 bits per heavy atom. The molecule has 1 heterocycles. The van der Waals surface area contributed by atoms with Gasteiger partial charge in [0.15, 0.2) is 0 Å². The Morgan fingerprint density at radius 3 is 2.14 bits per heavy atom. The van der Waals surface area contributed by atoms with Crippen molar-refractivity contribution in [2.75, 3.05) is 4.90 Å². The summed E-state index contributed by atoms with van der Waals surface area (Å²) in [6.45, 7) is 6.84. The maximum atomic E-state index is 2.41. The first kappa shape index (κ1) is 21.4. The van der Waals surface area contributed by atoms with Crippen molar-refractivity contribution in [3.05, 3.63) is 126 Å². The molecule has 0 unspecified atom stereocenters. The molecule has 0 amide bonds. The first-order chi connectivity index (χ1) is 17.5. The van der Waals surface area contributed by atoms with Crippen LogP contribution in [0.25, 0.3) is 31.3 Å². The van der Waals surface area contributed by atoms with Crippen LogP contribution in [0.3, 0.4) is 0 Å². The van der Waals surface area contributed by atoms with Crippen LogP contribution in [0.1, 0.15) is 30.5 Å². The van der Waals surface area contributed by atoms with Crippen LogP contribution in [0, 0.1) is 6.92 Å². The van der Waals surface area contributed by atoms with Gasteiger partial charge in [0, 0.05) is 42.6 Å². The fourth-order valence-electron chi connectivity index (χ4n) is 5.91. The standard InChI is InChI=1S/C34H27NS/c1-22-9-8-10-23(19-22)35(25-16-18-33-29(21-25)27-12-5-7-14-32(27)36-33)24-15-17-31-28(20-24)26-11-4-6-13-30(26)34(31,2)3/h4-21H,1-3H3. The summed E-state index contributed by atoms with van der Waals surface area (Å²) < 4.78 is 2.66. The molecule has 0 bridgehead atoms. The van der Waals surface area contributed by atoms with Crippen LogP contribution in [0.5, 0.6) is 0 Å². The minimum absolute atomic E-state index is 0.00707. The van der Waals surface area contributed by atoms with Gasteiger partial charge in [-0.1, -0.05) is 74.5 Å². The highest BCUT2D eigenvalue weighted by Gasteiger charge is 2.35. The summed E-state index contributed by atoms with van der Waals surface area (Å²) in [7, 11) is 0. The zero-order chi connectivity index (χ0) is 24.4. The van der Waals surface area contributed by atoms with Crippen LogP contribution in [0.2, 0.25) is 0 Å². The van der Waals surface area contributed by atoms with Gasteiger partial charge in [0.25, 0.3) is 0 Å². The van der Waals surface area contributed by atoms with Gasteiger partial charge in [0.2, 0.25) is 0 Å². The fourth-order valence-corrected chi connectivity index (χ4v) is 7.00. The molecule has 0 radical (unpaired) electrons. The predicted octanol–water partition coefficient (Wildman–Crippen LogP) is 10.1. The van der Waals surface area contributed by atoms with Gasteiger partial charge >= 0.3 is 0 Å². The molecule has 1 nitrogen and oxygen atoms in total. The first-order valence-corrected chi connectivity index (χ1v) is 13.3. The first-order valence-electron chi connectivity index (χ1n) is 12.5. The van der Waals surface area contributed by atoms with Crippen molar-refractivity contribution >= 4 is 48.6 Å². The monoisotopic (exact) mass is 481 g/mol. The number of hydrogen-bond donors (Lipinski definition) is 0. The third kappa shape index (κ3) is 3.14. The normalized spacial score (nSPS) is 13.6. The molecule has 0 saturated carbocycles. The average molecular weight is 482 g/mol. The minimum Gasteiger partial charge on any atom is -0.310 e. The summed E-state index contributed by atoms with van der Waals surface area (Å²) in [5, 5.41) is 2.64. The van der Waals surface area contributed by atoms with Gasteiger partial charge in [-0.15, -0.1) is 11.3 Å². The SMILES string of the molecule is Cc1cccc(N(c2ccc3c(c2)-c2ccccc2C3(C)C)c2ccc3sc4ccccc4c3c2)c1. The van der Waals surface area contributed by atoms with E-state index in [0.29, 0.717) is 0 Å². The quantitative estimate of drug-likeness (QED) is 0.243. The lowest BCUT2D eigenvalue weighted by atomic mass is 9.82. The van der Waals surface area contributed by atoms with E-state index >= 15 is 0 Å². The number of anilines is 3. The van der Waals surface area contributed by atoms with Gasteiger partial charge in [0.05, 0.1) is 0 Å². The van der Waals surface area contributed by atoms with Crippen molar-refractivity contribution in [3.8, 4) is 11.1 Å².